The predicted molar refractivity (Wildman–Crippen MR) is 78.4 cm³/mol. The Labute approximate surface area is 119 Å². The number of nitrogens with one attached hydrogen (secondary N) is 1. The maximum absolute atomic E-state index is 12.0. The third-order valence-electron chi connectivity index (χ3n) is 3.25. The molecule has 4 heteroatoms. The predicted octanol–water partition coefficient (Wildman–Crippen LogP) is 3.09. The summed E-state index contributed by atoms with van der Waals surface area (Å²) >= 11 is 0. The van der Waals surface area contributed by atoms with Crippen LogP contribution in [0.4, 0.5) is 0 Å². The van der Waals surface area contributed by atoms with Gasteiger partial charge in [-0.3, -0.25) is 9.78 Å². The number of benzene rings is 1. The molecule has 0 radical (unpaired) electrons. The largest absolute Gasteiger partial charge is 0.344 e. The zero-order chi connectivity index (χ0) is 14.5. The highest BCUT2D eigenvalue weighted by Crippen LogP contribution is 2.18. The highest BCUT2D eigenvalue weighted by Gasteiger charge is 2.12. The normalized spacial score (nSPS) is 12.2. The summed E-state index contributed by atoms with van der Waals surface area (Å²) in [5.74, 6) is 0.298. The van der Waals surface area contributed by atoms with E-state index >= 15 is 0 Å². The van der Waals surface area contributed by atoms with Crippen LogP contribution < -0.4 is 5.32 Å². The molecule has 2 aromatic rings. The molecule has 0 aliphatic carbocycles. The van der Waals surface area contributed by atoms with E-state index in [-0.39, 0.29) is 11.9 Å². The van der Waals surface area contributed by atoms with Crippen LogP contribution in [0.2, 0.25) is 0 Å². The lowest BCUT2D eigenvalue weighted by atomic mass is 9.99. The average molecular weight is 269 g/mol. The molecule has 4 nitrogen and oxygen atoms in total. The summed E-state index contributed by atoms with van der Waals surface area (Å²) in [5, 5.41) is 2.92. The first-order valence-electron chi connectivity index (χ1n) is 6.74. The van der Waals surface area contributed by atoms with Crippen molar-refractivity contribution in [1.82, 2.24) is 15.3 Å². The van der Waals surface area contributed by atoms with E-state index in [2.05, 4.69) is 53.4 Å². The van der Waals surface area contributed by atoms with Gasteiger partial charge in [-0.15, -0.1) is 0 Å². The highest BCUT2D eigenvalue weighted by atomic mass is 16.1. The first kappa shape index (κ1) is 14.2. The Kier molecular flexibility index (Phi) is 4.45. The van der Waals surface area contributed by atoms with Gasteiger partial charge in [0.15, 0.2) is 0 Å². The molecule has 0 saturated carbocycles. The number of rotatable bonds is 4. The molecule has 0 spiro atoms. The lowest BCUT2D eigenvalue weighted by molar-refractivity contribution is 0.0934. The van der Waals surface area contributed by atoms with Gasteiger partial charge in [0.25, 0.3) is 5.91 Å². The van der Waals surface area contributed by atoms with Crippen molar-refractivity contribution in [3.8, 4) is 0 Å². The fourth-order valence-corrected chi connectivity index (χ4v) is 1.94. The Hall–Kier alpha value is -2.23. The minimum Gasteiger partial charge on any atom is -0.344 e. The third kappa shape index (κ3) is 3.41. The highest BCUT2D eigenvalue weighted by molar-refractivity contribution is 5.92. The third-order valence-corrected chi connectivity index (χ3v) is 3.25. The summed E-state index contributed by atoms with van der Waals surface area (Å²) in [6, 6.07) is 8.25. The zero-order valence-corrected chi connectivity index (χ0v) is 12.0. The van der Waals surface area contributed by atoms with Crippen molar-refractivity contribution < 1.29 is 4.79 Å². The molecule has 0 bridgehead atoms. The van der Waals surface area contributed by atoms with Crippen molar-refractivity contribution >= 4 is 5.91 Å². The quantitative estimate of drug-likeness (QED) is 0.928. The van der Waals surface area contributed by atoms with Crippen LogP contribution in [0, 0.1) is 0 Å². The summed E-state index contributed by atoms with van der Waals surface area (Å²) in [6.07, 6.45) is 4.52. The van der Waals surface area contributed by atoms with Crippen LogP contribution in [-0.2, 0) is 0 Å². The van der Waals surface area contributed by atoms with Gasteiger partial charge in [0.2, 0.25) is 0 Å². The van der Waals surface area contributed by atoms with Crippen LogP contribution in [0.3, 0.4) is 0 Å². The first-order valence-corrected chi connectivity index (χ1v) is 6.74. The Morgan fingerprint density at radius 3 is 2.25 bits per heavy atom. The monoisotopic (exact) mass is 269 g/mol. The van der Waals surface area contributed by atoms with Crippen LogP contribution >= 0.6 is 0 Å². The average Bonchev–Trinajstić information content (AvgIpc) is 2.48. The van der Waals surface area contributed by atoms with Crippen molar-refractivity contribution in [3.63, 3.8) is 0 Å². The van der Waals surface area contributed by atoms with Gasteiger partial charge >= 0.3 is 0 Å². The molecule has 0 saturated heterocycles. The minimum absolute atomic E-state index is 0.0641. The summed E-state index contributed by atoms with van der Waals surface area (Å²) < 4.78 is 0. The lowest BCUT2D eigenvalue weighted by Crippen LogP contribution is -2.27. The van der Waals surface area contributed by atoms with E-state index in [9.17, 15) is 4.79 Å². The van der Waals surface area contributed by atoms with E-state index in [0.717, 1.165) is 5.56 Å². The van der Waals surface area contributed by atoms with E-state index in [1.54, 1.807) is 6.20 Å². The van der Waals surface area contributed by atoms with Gasteiger partial charge in [-0.2, -0.15) is 0 Å². The van der Waals surface area contributed by atoms with Crippen molar-refractivity contribution in [2.75, 3.05) is 0 Å². The fraction of sp³-hybridized carbons (Fsp3) is 0.312. The van der Waals surface area contributed by atoms with Gasteiger partial charge in [-0.25, -0.2) is 4.98 Å². The van der Waals surface area contributed by atoms with Crippen LogP contribution in [0.25, 0.3) is 0 Å². The Morgan fingerprint density at radius 2 is 1.70 bits per heavy atom. The molecule has 1 heterocycles. The second-order valence-electron chi connectivity index (χ2n) is 5.11. The molecule has 1 aromatic heterocycles. The van der Waals surface area contributed by atoms with Crippen LogP contribution in [-0.4, -0.2) is 15.9 Å². The maximum Gasteiger partial charge on any atom is 0.271 e. The SMILES string of the molecule is CC(C)c1ccc([C@@H](C)NC(=O)c2cnccn2)cc1. The van der Waals surface area contributed by atoms with E-state index in [0.29, 0.717) is 11.6 Å². The molecule has 2 rings (SSSR count). The van der Waals surface area contributed by atoms with E-state index in [4.69, 9.17) is 0 Å². The number of hydrogen-bond donors (Lipinski definition) is 1. The second-order valence-corrected chi connectivity index (χ2v) is 5.11. The number of amides is 1. The summed E-state index contributed by atoms with van der Waals surface area (Å²) in [4.78, 5) is 19.9. The molecule has 0 fully saturated rings. The molecule has 1 N–H and O–H groups in total. The second kappa shape index (κ2) is 6.28. The van der Waals surface area contributed by atoms with E-state index < -0.39 is 0 Å². The lowest BCUT2D eigenvalue weighted by Gasteiger charge is -2.15. The van der Waals surface area contributed by atoms with E-state index in [1.165, 1.54) is 18.0 Å². The topological polar surface area (TPSA) is 54.9 Å². The van der Waals surface area contributed by atoms with Crippen molar-refractivity contribution in [2.45, 2.75) is 32.7 Å². The molecule has 0 aliphatic rings. The Balaban J connectivity index is 2.04. The van der Waals surface area contributed by atoms with Gasteiger partial charge in [0.05, 0.1) is 12.2 Å². The number of aromatic nitrogens is 2. The minimum atomic E-state index is -0.210. The Morgan fingerprint density at radius 1 is 1.05 bits per heavy atom. The van der Waals surface area contributed by atoms with Gasteiger partial charge in [-0.05, 0) is 24.0 Å². The molecule has 104 valence electrons. The fourth-order valence-electron chi connectivity index (χ4n) is 1.94. The standard InChI is InChI=1S/C16H19N3O/c1-11(2)13-4-6-14(7-5-13)12(3)19-16(20)15-10-17-8-9-18-15/h4-12H,1-3H3,(H,19,20)/t12-/m1/s1. The molecule has 1 amide bonds. The summed E-state index contributed by atoms with van der Waals surface area (Å²) in [6.45, 7) is 6.28. The van der Waals surface area contributed by atoms with Gasteiger partial charge in [0, 0.05) is 12.4 Å². The van der Waals surface area contributed by atoms with Gasteiger partial charge < -0.3 is 5.32 Å². The molecular weight excluding hydrogens is 250 g/mol. The zero-order valence-electron chi connectivity index (χ0n) is 12.0. The van der Waals surface area contributed by atoms with Crippen molar-refractivity contribution in [1.29, 1.82) is 0 Å². The van der Waals surface area contributed by atoms with Crippen molar-refractivity contribution in [3.05, 3.63) is 59.7 Å². The number of hydrogen-bond acceptors (Lipinski definition) is 3. The number of nitrogens with zero attached hydrogens (tertiary/aromatic N) is 2. The number of carbonyl (C=O) groups excluding carboxylic acids is 1. The number of carbonyl (C=O) groups is 1. The smallest absolute Gasteiger partial charge is 0.271 e. The van der Waals surface area contributed by atoms with E-state index in [1.807, 2.05) is 6.92 Å². The summed E-state index contributed by atoms with van der Waals surface area (Å²) in [7, 11) is 0. The molecule has 20 heavy (non-hydrogen) atoms. The molecule has 1 aromatic carbocycles. The molecular formula is C16H19N3O. The van der Waals surface area contributed by atoms with Gasteiger partial charge in [-0.1, -0.05) is 38.1 Å². The van der Waals surface area contributed by atoms with Crippen LogP contribution in [0.5, 0.6) is 0 Å². The van der Waals surface area contributed by atoms with Crippen LogP contribution in [0.15, 0.2) is 42.9 Å². The maximum atomic E-state index is 12.0. The first-order chi connectivity index (χ1) is 9.58. The Bertz CT molecular complexity index is 564. The molecule has 1 atom stereocenters. The van der Waals surface area contributed by atoms with Crippen LogP contribution in [0.1, 0.15) is 54.3 Å². The van der Waals surface area contributed by atoms with Crippen molar-refractivity contribution in [2.24, 2.45) is 0 Å². The molecule has 0 unspecified atom stereocenters. The summed E-state index contributed by atoms with van der Waals surface area (Å²) in [5.41, 5.74) is 2.70. The molecule has 0 aliphatic heterocycles. The van der Waals surface area contributed by atoms with Gasteiger partial charge in [0.1, 0.15) is 5.69 Å².